The van der Waals surface area contributed by atoms with Crippen molar-refractivity contribution in [2.24, 2.45) is 5.73 Å². The Balaban J connectivity index is 1.98. The van der Waals surface area contributed by atoms with Gasteiger partial charge in [-0.1, -0.05) is 0 Å². The first-order valence-corrected chi connectivity index (χ1v) is 8.77. The Morgan fingerprint density at radius 2 is 1.81 bits per heavy atom. The van der Waals surface area contributed by atoms with Crippen molar-refractivity contribution in [3.05, 3.63) is 82.9 Å². The molecule has 0 bridgehead atoms. The molecule has 1 aromatic heterocycles. The van der Waals surface area contributed by atoms with E-state index in [0.29, 0.717) is 6.07 Å². The van der Waals surface area contributed by atoms with Crippen LogP contribution in [0.4, 0.5) is 23.2 Å². The first-order chi connectivity index (χ1) is 14.5. The van der Waals surface area contributed by atoms with E-state index in [2.05, 4.69) is 10.3 Å². The third-order valence-corrected chi connectivity index (χ3v) is 4.18. The van der Waals surface area contributed by atoms with Gasteiger partial charge in [0.05, 0.1) is 11.1 Å². The molecule has 10 heteroatoms. The van der Waals surface area contributed by atoms with Gasteiger partial charge in [0.1, 0.15) is 23.0 Å². The lowest BCUT2D eigenvalue weighted by atomic mass is 10.1. The Kier molecular flexibility index (Phi) is 5.91. The van der Waals surface area contributed by atoms with E-state index in [0.717, 1.165) is 18.2 Å². The second-order valence-corrected chi connectivity index (χ2v) is 6.47. The van der Waals surface area contributed by atoms with Crippen molar-refractivity contribution >= 4 is 17.5 Å². The SMILES string of the molecule is Cc1cc(Oc2ccc(C(F)(F)F)cc2C(=O)Nc2ccnc(C(N)=O)c2)ccc1F. The summed E-state index contributed by atoms with van der Waals surface area (Å²) < 4.78 is 58.6. The molecule has 0 aliphatic heterocycles. The largest absolute Gasteiger partial charge is 0.457 e. The molecular formula is C21H15F4N3O3. The number of ether oxygens (including phenoxy) is 1. The third kappa shape index (κ3) is 5.16. The van der Waals surface area contributed by atoms with Gasteiger partial charge in [0.15, 0.2) is 0 Å². The molecule has 0 spiro atoms. The number of aromatic nitrogens is 1. The Morgan fingerprint density at radius 3 is 2.45 bits per heavy atom. The molecule has 3 aromatic rings. The van der Waals surface area contributed by atoms with E-state index in [1.807, 2.05) is 0 Å². The van der Waals surface area contributed by atoms with E-state index in [1.165, 1.54) is 37.4 Å². The molecule has 0 saturated carbocycles. The molecule has 3 N–H and O–H groups in total. The molecule has 2 aromatic carbocycles. The predicted octanol–water partition coefficient (Wildman–Crippen LogP) is 4.69. The molecule has 6 nitrogen and oxygen atoms in total. The highest BCUT2D eigenvalue weighted by molar-refractivity contribution is 6.06. The summed E-state index contributed by atoms with van der Waals surface area (Å²) in [4.78, 5) is 27.7. The maximum atomic E-state index is 13.5. The lowest BCUT2D eigenvalue weighted by Crippen LogP contribution is -2.17. The van der Waals surface area contributed by atoms with Crippen LogP contribution in [0, 0.1) is 12.7 Å². The van der Waals surface area contributed by atoms with Gasteiger partial charge in [0, 0.05) is 11.9 Å². The Bertz CT molecular complexity index is 1160. The second kappa shape index (κ2) is 8.42. The highest BCUT2D eigenvalue weighted by atomic mass is 19.4. The molecule has 1 heterocycles. The number of benzene rings is 2. The van der Waals surface area contributed by atoms with Gasteiger partial charge < -0.3 is 15.8 Å². The number of halogens is 4. The lowest BCUT2D eigenvalue weighted by molar-refractivity contribution is -0.137. The normalized spacial score (nSPS) is 11.1. The van der Waals surface area contributed by atoms with E-state index < -0.39 is 34.9 Å². The molecule has 0 atom stereocenters. The average Bonchev–Trinajstić information content (AvgIpc) is 2.70. The summed E-state index contributed by atoms with van der Waals surface area (Å²) in [6.45, 7) is 1.49. The van der Waals surface area contributed by atoms with Gasteiger partial charge in [-0.15, -0.1) is 0 Å². The molecule has 0 aliphatic carbocycles. The average molecular weight is 433 g/mol. The van der Waals surface area contributed by atoms with Crippen LogP contribution in [-0.4, -0.2) is 16.8 Å². The van der Waals surface area contributed by atoms with Gasteiger partial charge in [0.25, 0.3) is 11.8 Å². The summed E-state index contributed by atoms with van der Waals surface area (Å²) in [6.07, 6.45) is -3.49. The van der Waals surface area contributed by atoms with Crippen molar-refractivity contribution in [1.29, 1.82) is 0 Å². The minimum Gasteiger partial charge on any atom is -0.457 e. The van der Waals surface area contributed by atoms with Crippen LogP contribution < -0.4 is 15.8 Å². The van der Waals surface area contributed by atoms with Crippen molar-refractivity contribution in [3.8, 4) is 11.5 Å². The van der Waals surface area contributed by atoms with Crippen LogP contribution in [0.2, 0.25) is 0 Å². The number of rotatable bonds is 5. The van der Waals surface area contributed by atoms with Crippen molar-refractivity contribution < 1.29 is 31.9 Å². The number of amides is 2. The number of nitrogens with zero attached hydrogens (tertiary/aromatic N) is 1. The number of alkyl halides is 3. The first kappa shape index (κ1) is 21.8. The van der Waals surface area contributed by atoms with E-state index in [-0.39, 0.29) is 28.4 Å². The Labute approximate surface area is 173 Å². The molecule has 0 aliphatic rings. The topological polar surface area (TPSA) is 94.3 Å². The highest BCUT2D eigenvalue weighted by Crippen LogP contribution is 2.35. The first-order valence-electron chi connectivity index (χ1n) is 8.77. The van der Waals surface area contributed by atoms with Crippen molar-refractivity contribution in [3.63, 3.8) is 0 Å². The smallest absolute Gasteiger partial charge is 0.416 e. The number of pyridine rings is 1. The summed E-state index contributed by atoms with van der Waals surface area (Å²) in [5, 5.41) is 2.38. The third-order valence-electron chi connectivity index (χ3n) is 4.18. The van der Waals surface area contributed by atoms with Crippen LogP contribution >= 0.6 is 0 Å². The Morgan fingerprint density at radius 1 is 1.06 bits per heavy atom. The zero-order valence-electron chi connectivity index (χ0n) is 16.0. The van der Waals surface area contributed by atoms with Crippen molar-refractivity contribution in [2.45, 2.75) is 13.1 Å². The summed E-state index contributed by atoms with van der Waals surface area (Å²) in [7, 11) is 0. The summed E-state index contributed by atoms with van der Waals surface area (Å²) >= 11 is 0. The Hall–Kier alpha value is -3.95. The van der Waals surface area contributed by atoms with E-state index in [4.69, 9.17) is 10.5 Å². The van der Waals surface area contributed by atoms with Crippen LogP contribution in [0.25, 0.3) is 0 Å². The molecule has 31 heavy (non-hydrogen) atoms. The fourth-order valence-corrected chi connectivity index (χ4v) is 2.62. The number of hydrogen-bond acceptors (Lipinski definition) is 4. The maximum Gasteiger partial charge on any atom is 0.416 e. The zero-order chi connectivity index (χ0) is 22.8. The van der Waals surface area contributed by atoms with Gasteiger partial charge in [0.2, 0.25) is 0 Å². The summed E-state index contributed by atoms with van der Waals surface area (Å²) in [6, 6.07) is 8.67. The van der Waals surface area contributed by atoms with Crippen LogP contribution in [0.3, 0.4) is 0 Å². The molecule has 0 saturated heterocycles. The minimum absolute atomic E-state index is 0.0924. The van der Waals surface area contributed by atoms with E-state index in [1.54, 1.807) is 0 Å². The van der Waals surface area contributed by atoms with Crippen LogP contribution in [-0.2, 0) is 6.18 Å². The molecule has 0 radical (unpaired) electrons. The van der Waals surface area contributed by atoms with Crippen LogP contribution in [0.1, 0.15) is 32.0 Å². The van der Waals surface area contributed by atoms with Gasteiger partial charge in [-0.2, -0.15) is 13.2 Å². The van der Waals surface area contributed by atoms with E-state index >= 15 is 0 Å². The predicted molar refractivity (Wildman–Crippen MR) is 103 cm³/mol. The molecule has 0 unspecified atom stereocenters. The minimum atomic E-state index is -4.70. The van der Waals surface area contributed by atoms with E-state index in [9.17, 15) is 27.2 Å². The van der Waals surface area contributed by atoms with Crippen LogP contribution in [0.15, 0.2) is 54.7 Å². The zero-order valence-corrected chi connectivity index (χ0v) is 16.0. The number of hydrogen-bond donors (Lipinski definition) is 2. The van der Waals surface area contributed by atoms with Crippen molar-refractivity contribution in [1.82, 2.24) is 4.98 Å². The highest BCUT2D eigenvalue weighted by Gasteiger charge is 2.32. The molecule has 2 amide bonds. The van der Waals surface area contributed by atoms with Gasteiger partial charge >= 0.3 is 6.18 Å². The number of anilines is 1. The number of carbonyl (C=O) groups excluding carboxylic acids is 2. The maximum absolute atomic E-state index is 13.5. The van der Waals surface area contributed by atoms with Crippen molar-refractivity contribution in [2.75, 3.05) is 5.32 Å². The second-order valence-electron chi connectivity index (χ2n) is 6.47. The lowest BCUT2D eigenvalue weighted by Gasteiger charge is -2.15. The van der Waals surface area contributed by atoms with Gasteiger partial charge in [-0.25, -0.2) is 4.39 Å². The quantitative estimate of drug-likeness (QED) is 0.571. The number of nitrogens with one attached hydrogen (secondary N) is 1. The fourth-order valence-electron chi connectivity index (χ4n) is 2.62. The number of aryl methyl sites for hydroxylation is 1. The number of nitrogens with two attached hydrogens (primary N) is 1. The number of carbonyl (C=O) groups is 2. The molecule has 0 fully saturated rings. The fraction of sp³-hybridized carbons (Fsp3) is 0.0952. The van der Waals surface area contributed by atoms with Gasteiger partial charge in [-0.05, 0) is 61.0 Å². The standard InChI is InChI=1S/C21H15F4N3O3/c1-11-8-14(3-4-16(11)22)31-18-5-2-12(21(23,24)25)9-15(18)20(30)28-13-6-7-27-17(10-13)19(26)29/h2-10H,1H3,(H2,26,29)(H,27,28,30). The monoisotopic (exact) mass is 433 g/mol. The van der Waals surface area contributed by atoms with Crippen LogP contribution in [0.5, 0.6) is 11.5 Å². The molecule has 160 valence electrons. The van der Waals surface area contributed by atoms with Gasteiger partial charge in [-0.3, -0.25) is 14.6 Å². The molecule has 3 rings (SSSR count). The summed E-state index contributed by atoms with van der Waals surface area (Å²) in [5.74, 6) is -2.30. The molecular weight excluding hydrogens is 418 g/mol. The number of primary amides is 1. The summed E-state index contributed by atoms with van der Waals surface area (Å²) in [5.41, 5.74) is 3.86.